The first-order valence-electron chi connectivity index (χ1n) is 8.21. The normalized spacial score (nSPS) is 11.4. The Kier molecular flexibility index (Phi) is 12.3. The number of unbranched alkanes of at least 4 members (excludes halogenated alkanes) is 5. The molecular weight excluding hydrogens is 266 g/mol. The smallest absolute Gasteiger partial charge is 0.330 e. The van der Waals surface area contributed by atoms with Crippen LogP contribution in [0.15, 0.2) is 12.7 Å². The molecule has 0 bridgehead atoms. The summed E-state index contributed by atoms with van der Waals surface area (Å²) < 4.78 is 11.3. The second-order valence-electron chi connectivity index (χ2n) is 6.13. The first kappa shape index (κ1) is 20.1. The molecule has 0 spiro atoms. The maximum Gasteiger partial charge on any atom is 0.330 e. The van der Waals surface area contributed by atoms with Crippen molar-refractivity contribution >= 4 is 5.97 Å². The lowest BCUT2D eigenvalue weighted by atomic mass is 10.1. The molecule has 0 saturated heterocycles. The van der Waals surface area contributed by atoms with E-state index in [0.717, 1.165) is 11.0 Å². The predicted molar refractivity (Wildman–Crippen MR) is 87.2 cm³/mol. The second-order valence-corrected chi connectivity index (χ2v) is 6.13. The third-order valence-electron chi connectivity index (χ3n) is 3.60. The Labute approximate surface area is 130 Å². The minimum absolute atomic E-state index is 0.301. The third kappa shape index (κ3) is 13.9. The quantitative estimate of drug-likeness (QED) is 0.214. The highest BCUT2D eigenvalue weighted by Crippen LogP contribution is 2.08. The minimum atomic E-state index is -0.391. The molecule has 0 aromatic carbocycles. The molecule has 0 heterocycles. The van der Waals surface area contributed by atoms with E-state index in [1.165, 1.54) is 51.1 Å². The molecule has 0 unspecified atom stereocenters. The first-order chi connectivity index (χ1) is 10.0. The lowest BCUT2D eigenvalue weighted by Crippen LogP contribution is -2.43. The average molecular weight is 300 g/mol. The fourth-order valence-corrected chi connectivity index (χ4v) is 2.11. The van der Waals surface area contributed by atoms with Gasteiger partial charge in [-0.3, -0.25) is 0 Å². The van der Waals surface area contributed by atoms with Gasteiger partial charge in [0.15, 0.2) is 0 Å². The van der Waals surface area contributed by atoms with E-state index in [-0.39, 0.29) is 0 Å². The Bertz CT molecular complexity index is 277. The van der Waals surface area contributed by atoms with Crippen molar-refractivity contribution < 1.29 is 18.8 Å². The molecule has 4 heteroatoms. The monoisotopic (exact) mass is 300 g/mol. The molecule has 124 valence electrons. The van der Waals surface area contributed by atoms with Crippen LogP contribution >= 0.6 is 0 Å². The van der Waals surface area contributed by atoms with E-state index in [1.54, 1.807) is 0 Å². The van der Waals surface area contributed by atoms with Gasteiger partial charge in [-0.05, 0) is 12.8 Å². The van der Waals surface area contributed by atoms with Crippen LogP contribution in [-0.4, -0.2) is 57.5 Å². The van der Waals surface area contributed by atoms with Crippen LogP contribution in [0.3, 0.4) is 0 Å². The maximum absolute atomic E-state index is 10.8. The number of hydrogen-bond acceptors (Lipinski definition) is 3. The van der Waals surface area contributed by atoms with E-state index in [0.29, 0.717) is 19.8 Å². The van der Waals surface area contributed by atoms with Crippen LogP contribution in [0.4, 0.5) is 0 Å². The molecule has 0 fully saturated rings. The van der Waals surface area contributed by atoms with Gasteiger partial charge in [0.1, 0.15) is 13.2 Å². The molecule has 0 saturated carbocycles. The van der Waals surface area contributed by atoms with Crippen molar-refractivity contribution in [2.75, 3.05) is 47.0 Å². The van der Waals surface area contributed by atoms with Crippen LogP contribution in [0.5, 0.6) is 0 Å². The van der Waals surface area contributed by atoms with Gasteiger partial charge in [-0.1, -0.05) is 39.2 Å². The number of quaternary nitrogens is 1. The number of carbonyl (C=O) groups excluding carboxylic acids is 1. The van der Waals surface area contributed by atoms with Gasteiger partial charge >= 0.3 is 5.97 Å². The van der Waals surface area contributed by atoms with E-state index in [4.69, 9.17) is 9.47 Å². The summed E-state index contributed by atoms with van der Waals surface area (Å²) in [4.78, 5) is 10.8. The Balaban J connectivity index is 3.46. The van der Waals surface area contributed by atoms with Gasteiger partial charge in [0, 0.05) is 6.08 Å². The van der Waals surface area contributed by atoms with Crippen molar-refractivity contribution in [2.45, 2.75) is 45.4 Å². The van der Waals surface area contributed by atoms with Gasteiger partial charge in [-0.15, -0.1) is 0 Å². The second kappa shape index (κ2) is 12.8. The van der Waals surface area contributed by atoms with Crippen LogP contribution in [0, 0.1) is 0 Å². The maximum atomic E-state index is 10.8. The third-order valence-corrected chi connectivity index (χ3v) is 3.60. The number of hydrogen-bond donors (Lipinski definition) is 0. The van der Waals surface area contributed by atoms with Crippen molar-refractivity contribution in [3.05, 3.63) is 12.7 Å². The zero-order valence-corrected chi connectivity index (χ0v) is 14.2. The molecule has 0 radical (unpaired) electrons. The van der Waals surface area contributed by atoms with Gasteiger partial charge in [-0.25, -0.2) is 4.79 Å². The van der Waals surface area contributed by atoms with Gasteiger partial charge in [0.2, 0.25) is 0 Å². The van der Waals surface area contributed by atoms with E-state index < -0.39 is 5.97 Å². The summed E-state index contributed by atoms with van der Waals surface area (Å²) in [6.07, 6.45) is 9.19. The molecule has 0 aromatic rings. The van der Waals surface area contributed by atoms with Crippen LogP contribution in [0.2, 0.25) is 0 Å². The summed E-state index contributed by atoms with van der Waals surface area (Å²) in [5.74, 6) is -0.391. The average Bonchev–Trinajstić information content (AvgIpc) is 2.46. The number of carbonyl (C=O) groups is 1. The zero-order valence-electron chi connectivity index (χ0n) is 14.2. The minimum Gasteiger partial charge on any atom is -0.460 e. The van der Waals surface area contributed by atoms with Crippen molar-refractivity contribution in [3.8, 4) is 0 Å². The lowest BCUT2D eigenvalue weighted by molar-refractivity contribution is -0.891. The van der Waals surface area contributed by atoms with Gasteiger partial charge in [-0.2, -0.15) is 0 Å². The molecule has 0 rings (SSSR count). The SMILES string of the molecule is C=CC(=O)OCCOCC[N+](C)(C)CCCCCCCC. The Morgan fingerprint density at radius 3 is 2.33 bits per heavy atom. The molecule has 0 aliphatic rings. The van der Waals surface area contributed by atoms with Gasteiger partial charge in [0.05, 0.1) is 33.9 Å². The van der Waals surface area contributed by atoms with E-state index in [2.05, 4.69) is 27.6 Å². The summed E-state index contributed by atoms with van der Waals surface area (Å²) >= 11 is 0. The summed E-state index contributed by atoms with van der Waals surface area (Å²) in [6.45, 7) is 9.24. The fraction of sp³-hybridized carbons (Fsp3) is 0.824. The zero-order chi connectivity index (χ0) is 16.0. The largest absolute Gasteiger partial charge is 0.460 e. The molecule has 0 aromatic heterocycles. The fourth-order valence-electron chi connectivity index (χ4n) is 2.11. The molecule has 0 amide bonds. The highest BCUT2D eigenvalue weighted by atomic mass is 16.6. The number of rotatable bonds is 14. The topological polar surface area (TPSA) is 35.5 Å². The standard InChI is InChI=1S/C17H34NO3/c1-5-7-8-9-10-11-12-18(3,4)13-14-20-15-16-21-17(19)6-2/h6H,2,5,7-16H2,1,3-4H3/q+1. The summed E-state index contributed by atoms with van der Waals surface area (Å²) in [5, 5.41) is 0. The van der Waals surface area contributed by atoms with Crippen LogP contribution in [-0.2, 0) is 14.3 Å². The van der Waals surface area contributed by atoms with Crippen LogP contribution in [0.1, 0.15) is 45.4 Å². The number of likely N-dealkylation sites (N-methyl/N-ethyl adjacent to an activating group) is 1. The highest BCUT2D eigenvalue weighted by Gasteiger charge is 2.13. The Morgan fingerprint density at radius 1 is 1.00 bits per heavy atom. The molecule has 4 nitrogen and oxygen atoms in total. The summed E-state index contributed by atoms with van der Waals surface area (Å²) in [7, 11) is 4.49. The lowest BCUT2D eigenvalue weighted by Gasteiger charge is -2.29. The first-order valence-corrected chi connectivity index (χ1v) is 8.21. The Morgan fingerprint density at radius 2 is 1.67 bits per heavy atom. The summed E-state index contributed by atoms with van der Waals surface area (Å²) in [6, 6.07) is 0. The molecular formula is C17H34NO3+. The molecule has 0 aliphatic heterocycles. The van der Waals surface area contributed by atoms with Crippen molar-refractivity contribution in [2.24, 2.45) is 0 Å². The van der Waals surface area contributed by atoms with Gasteiger partial charge < -0.3 is 14.0 Å². The van der Waals surface area contributed by atoms with Crippen molar-refractivity contribution in [1.82, 2.24) is 0 Å². The molecule has 0 N–H and O–H groups in total. The number of ether oxygens (including phenoxy) is 2. The number of nitrogens with zero attached hydrogens (tertiary/aromatic N) is 1. The molecule has 0 atom stereocenters. The molecule has 0 aliphatic carbocycles. The van der Waals surface area contributed by atoms with E-state index in [9.17, 15) is 4.79 Å². The number of esters is 1. The van der Waals surface area contributed by atoms with Gasteiger partial charge in [0.25, 0.3) is 0 Å². The van der Waals surface area contributed by atoms with E-state index in [1.807, 2.05) is 0 Å². The van der Waals surface area contributed by atoms with Crippen molar-refractivity contribution in [1.29, 1.82) is 0 Å². The van der Waals surface area contributed by atoms with E-state index >= 15 is 0 Å². The predicted octanol–water partition coefficient (Wildman–Crippen LogP) is 3.17. The summed E-state index contributed by atoms with van der Waals surface area (Å²) in [5.41, 5.74) is 0. The Hall–Kier alpha value is -0.870. The van der Waals surface area contributed by atoms with Crippen LogP contribution in [0.25, 0.3) is 0 Å². The highest BCUT2D eigenvalue weighted by molar-refractivity contribution is 5.81. The van der Waals surface area contributed by atoms with Crippen LogP contribution < -0.4 is 0 Å². The van der Waals surface area contributed by atoms with Crippen molar-refractivity contribution in [3.63, 3.8) is 0 Å². The molecule has 21 heavy (non-hydrogen) atoms.